The second-order valence-electron chi connectivity index (χ2n) is 14.3. The lowest BCUT2D eigenvalue weighted by Crippen LogP contribution is -2.43. The molecule has 0 aromatic heterocycles. The second-order valence-corrected chi connectivity index (χ2v) is 17.8. The van der Waals surface area contributed by atoms with E-state index in [1.807, 2.05) is 34.7 Å². The number of phenols is 2. The summed E-state index contributed by atoms with van der Waals surface area (Å²) in [6.45, 7) is 1.94. The van der Waals surface area contributed by atoms with E-state index in [1.54, 1.807) is 30.3 Å². The van der Waals surface area contributed by atoms with Gasteiger partial charge in [0, 0.05) is 42.2 Å². The average Bonchev–Trinajstić information content (AvgIpc) is 3.52. The van der Waals surface area contributed by atoms with Crippen LogP contribution in [0.5, 0.6) is 40.2 Å². The molecule has 3 atom stereocenters. The van der Waals surface area contributed by atoms with E-state index in [1.165, 1.54) is 49.4 Å². The van der Waals surface area contributed by atoms with E-state index in [-0.39, 0.29) is 51.9 Å². The second kappa shape index (κ2) is 20.1. The third-order valence-electron chi connectivity index (χ3n) is 9.87. The summed E-state index contributed by atoms with van der Waals surface area (Å²) < 4.78 is 26.2. The predicted molar refractivity (Wildman–Crippen MR) is 253 cm³/mol. The molecule has 0 radical (unpaired) electrons. The first-order valence-electron chi connectivity index (χ1n) is 19.1. The summed E-state index contributed by atoms with van der Waals surface area (Å²) >= 11 is 6.27. The minimum Gasteiger partial charge on any atom is -0.508 e. The zero-order chi connectivity index (χ0) is 45.7. The number of hydrogen-bond donors (Lipinski definition) is 7. The number of carboxylic acid groups (broad SMARTS) is 1. The van der Waals surface area contributed by atoms with Crippen LogP contribution >= 0.6 is 67.8 Å². The van der Waals surface area contributed by atoms with Crippen LogP contribution in [0.25, 0.3) is 0 Å². The SMILES string of the molecule is CC(=O)N[C@@H](Cc1cc(I)c(Oc2ccc(O)c(I)c2)c(I)c1)C(=O)Oc1ccc2c(c1)Oc1cc(O)ccc1C21OC(=O)c2c(C(=O)O)cccc21.NCCCC[C@H](N)C(N)=O. The van der Waals surface area contributed by atoms with Crippen LogP contribution < -0.4 is 36.7 Å². The molecular formula is C44H39I3N4O12. The fourth-order valence-corrected chi connectivity index (χ4v) is 9.59. The Hall–Kier alpha value is -5.24. The van der Waals surface area contributed by atoms with E-state index < -0.39 is 47.4 Å². The van der Waals surface area contributed by atoms with Crippen molar-refractivity contribution in [3.63, 3.8) is 0 Å². The first-order chi connectivity index (χ1) is 29.9. The van der Waals surface area contributed by atoms with Gasteiger partial charge in [-0.05, 0) is 153 Å². The van der Waals surface area contributed by atoms with Crippen LogP contribution in [0, 0.1) is 10.7 Å². The predicted octanol–water partition coefficient (Wildman–Crippen LogP) is 6.55. The van der Waals surface area contributed by atoms with E-state index >= 15 is 0 Å². The number of aromatic hydroxyl groups is 2. The molecule has 5 aromatic carbocycles. The van der Waals surface area contributed by atoms with Crippen molar-refractivity contribution in [2.24, 2.45) is 17.2 Å². The van der Waals surface area contributed by atoms with Gasteiger partial charge in [-0.25, -0.2) is 14.4 Å². The lowest BCUT2D eigenvalue weighted by atomic mass is 9.77. The van der Waals surface area contributed by atoms with Crippen molar-refractivity contribution in [3.8, 4) is 40.2 Å². The molecule has 0 fully saturated rings. The maximum atomic E-state index is 13.7. The number of rotatable bonds is 13. The Labute approximate surface area is 401 Å². The molecule has 2 amide bonds. The Balaban J connectivity index is 0.000000590. The zero-order valence-corrected chi connectivity index (χ0v) is 39.6. The Kier molecular flexibility index (Phi) is 15.1. The number of primary amides is 1. The van der Waals surface area contributed by atoms with E-state index in [4.69, 9.17) is 36.1 Å². The van der Waals surface area contributed by atoms with Crippen LogP contribution in [0.4, 0.5) is 0 Å². The van der Waals surface area contributed by atoms with Crippen molar-refractivity contribution in [2.45, 2.75) is 50.3 Å². The summed E-state index contributed by atoms with van der Waals surface area (Å²) in [5.41, 5.74) is 15.2. The van der Waals surface area contributed by atoms with E-state index in [9.17, 15) is 39.3 Å². The highest BCUT2D eigenvalue weighted by atomic mass is 127. The zero-order valence-electron chi connectivity index (χ0n) is 33.2. The minimum atomic E-state index is -1.64. The number of benzene rings is 5. The molecule has 0 saturated carbocycles. The van der Waals surface area contributed by atoms with E-state index in [0.717, 1.165) is 25.5 Å². The first-order valence-corrected chi connectivity index (χ1v) is 22.3. The molecule has 0 saturated heterocycles. The largest absolute Gasteiger partial charge is 0.508 e. The van der Waals surface area contributed by atoms with Gasteiger partial charge < -0.3 is 56.8 Å². The van der Waals surface area contributed by atoms with Gasteiger partial charge in [-0.15, -0.1) is 0 Å². The molecule has 1 unspecified atom stereocenters. The van der Waals surface area contributed by atoms with Gasteiger partial charge in [0.25, 0.3) is 0 Å². The van der Waals surface area contributed by atoms with Crippen LogP contribution in [-0.2, 0) is 31.1 Å². The third-order valence-corrected chi connectivity index (χ3v) is 12.3. The number of esters is 2. The number of halogens is 3. The number of amides is 2. The van der Waals surface area contributed by atoms with Gasteiger partial charge >= 0.3 is 17.9 Å². The molecular weight excluding hydrogens is 1160 g/mol. The van der Waals surface area contributed by atoms with Gasteiger partial charge in [0.2, 0.25) is 11.8 Å². The van der Waals surface area contributed by atoms with Crippen LogP contribution in [0.1, 0.15) is 69.2 Å². The Bertz CT molecular complexity index is 2620. The highest BCUT2D eigenvalue weighted by molar-refractivity contribution is 14.1. The summed E-state index contributed by atoms with van der Waals surface area (Å²) in [4.78, 5) is 61.7. The number of nitrogens with one attached hydrogen (secondary N) is 1. The third kappa shape index (κ3) is 10.4. The summed E-state index contributed by atoms with van der Waals surface area (Å²) in [6.07, 6.45) is 2.51. The van der Waals surface area contributed by atoms with Crippen molar-refractivity contribution in [3.05, 3.63) is 129 Å². The Morgan fingerprint density at radius 1 is 0.841 bits per heavy atom. The quantitative estimate of drug-likeness (QED) is 0.0285. The number of ether oxygens (including phenoxy) is 4. The van der Waals surface area contributed by atoms with Gasteiger partial charge in [-0.1, -0.05) is 18.6 Å². The molecule has 1 spiro atoms. The molecule has 2 aliphatic heterocycles. The average molecular weight is 1200 g/mol. The number of hydrogen-bond acceptors (Lipinski definition) is 13. The van der Waals surface area contributed by atoms with Gasteiger partial charge in [-0.2, -0.15) is 0 Å². The number of nitrogens with two attached hydrogens (primary N) is 3. The van der Waals surface area contributed by atoms with Crippen LogP contribution in [0.3, 0.4) is 0 Å². The molecule has 16 nitrogen and oxygen atoms in total. The molecule has 0 bridgehead atoms. The van der Waals surface area contributed by atoms with Gasteiger partial charge in [0.05, 0.1) is 27.9 Å². The van der Waals surface area contributed by atoms with Crippen LogP contribution in [0.15, 0.2) is 84.9 Å². The van der Waals surface area contributed by atoms with Gasteiger partial charge in [0.15, 0.2) is 11.4 Å². The monoisotopic (exact) mass is 1200 g/mol. The molecule has 63 heavy (non-hydrogen) atoms. The smallest absolute Gasteiger partial charge is 0.341 e. The first kappa shape index (κ1) is 47.2. The van der Waals surface area contributed by atoms with Crippen molar-refractivity contribution in [2.75, 3.05) is 6.54 Å². The number of phenolic OH excluding ortho intramolecular Hbond substituents is 2. The molecule has 10 N–H and O–H groups in total. The van der Waals surface area contributed by atoms with Crippen molar-refractivity contribution in [1.29, 1.82) is 0 Å². The van der Waals surface area contributed by atoms with Gasteiger partial charge in [-0.3, -0.25) is 9.59 Å². The molecule has 2 heterocycles. The van der Waals surface area contributed by atoms with Crippen LogP contribution in [-0.4, -0.2) is 63.7 Å². The number of aromatic carboxylic acids is 1. The topological polar surface area (TPSA) is 273 Å². The highest BCUT2D eigenvalue weighted by Gasteiger charge is 2.54. The summed E-state index contributed by atoms with van der Waals surface area (Å²) in [7, 11) is 0. The fraction of sp³-hybridized carbons (Fsp3) is 0.205. The lowest BCUT2D eigenvalue weighted by Gasteiger charge is -2.36. The molecule has 328 valence electrons. The normalized spacial score (nSPS) is 15.2. The summed E-state index contributed by atoms with van der Waals surface area (Å²) in [5, 5.41) is 32.7. The number of carbonyl (C=O) groups excluding carboxylic acids is 4. The lowest BCUT2D eigenvalue weighted by molar-refractivity contribution is -0.139. The highest BCUT2D eigenvalue weighted by Crippen LogP contribution is 2.57. The number of unbranched alkanes of at least 4 members (excludes halogenated alkanes) is 1. The van der Waals surface area contributed by atoms with E-state index in [0.29, 0.717) is 39.2 Å². The van der Waals surface area contributed by atoms with E-state index in [2.05, 4.69) is 50.5 Å². The molecule has 19 heteroatoms. The number of fused-ring (bicyclic) bond motifs is 6. The summed E-state index contributed by atoms with van der Waals surface area (Å²) in [5.74, 6) is -2.37. The fourth-order valence-electron chi connectivity index (χ4n) is 6.99. The molecule has 2 aliphatic rings. The van der Waals surface area contributed by atoms with Crippen molar-refractivity contribution in [1.82, 2.24) is 5.32 Å². The van der Waals surface area contributed by atoms with Crippen LogP contribution in [0.2, 0.25) is 0 Å². The molecule has 7 rings (SSSR count). The van der Waals surface area contributed by atoms with Crippen molar-refractivity contribution < 1.29 is 58.2 Å². The summed E-state index contributed by atoms with van der Waals surface area (Å²) in [6, 6.07) is 20.1. The maximum Gasteiger partial charge on any atom is 0.341 e. The van der Waals surface area contributed by atoms with Gasteiger partial charge in [0.1, 0.15) is 40.5 Å². The minimum absolute atomic E-state index is 0.0446. The molecule has 5 aromatic rings. The Morgan fingerprint density at radius 3 is 2.14 bits per heavy atom. The molecule has 0 aliphatic carbocycles. The standard InChI is InChI=1S/C38H24I3NO11.C6H15N3O/c1-17(43)42-29(13-18-11-27(40)34(28(41)12-18)50-20-7-10-30(45)26(39)15-20)36(48)51-21-6-9-24-32(16-21)52-31-14-19(44)5-8-23(31)38(24)25-4-2-3-22(35(46)47)33(25)37(49)53-38;7-4-2-1-3-5(8)6(9)10/h2-12,14-16,29,44-45H,13H2,1H3,(H,42,43)(H,46,47);5H,1-4,7-8H2,(H2,9,10)/t29-,38?;5-/m00/s1. The number of carboxylic acids is 1. The Morgan fingerprint density at radius 2 is 1.51 bits per heavy atom. The maximum absolute atomic E-state index is 13.7. The van der Waals surface area contributed by atoms with Crippen molar-refractivity contribution >= 4 is 97.5 Å². The number of carbonyl (C=O) groups is 5.